The fraction of sp³-hybridized carbons (Fsp3) is 0.333. The van der Waals surface area contributed by atoms with Crippen LogP contribution in [0.4, 0.5) is 10.6 Å². The average molecular weight is 373 g/mol. The molecular formula is C18H21ClN6O. The lowest BCUT2D eigenvalue weighted by atomic mass is 10.1. The summed E-state index contributed by atoms with van der Waals surface area (Å²) in [6.45, 7) is 8.51. The number of halogens is 1. The molecule has 2 aromatic heterocycles. The van der Waals surface area contributed by atoms with E-state index in [0.717, 1.165) is 5.56 Å². The van der Waals surface area contributed by atoms with Gasteiger partial charge >= 0.3 is 6.03 Å². The molecule has 136 valence electrons. The first-order chi connectivity index (χ1) is 12.3. The van der Waals surface area contributed by atoms with Crippen molar-refractivity contribution in [1.82, 2.24) is 25.1 Å². The van der Waals surface area contributed by atoms with Crippen LogP contribution in [0.1, 0.15) is 27.7 Å². The second kappa shape index (κ2) is 6.92. The number of fused-ring (bicyclic) bond motifs is 1. The topological polar surface area (TPSA) is 84.7 Å². The Morgan fingerprint density at radius 3 is 2.50 bits per heavy atom. The maximum absolute atomic E-state index is 12.0. The number of anilines is 1. The zero-order valence-electron chi connectivity index (χ0n) is 15.2. The van der Waals surface area contributed by atoms with Gasteiger partial charge in [-0.2, -0.15) is 5.10 Å². The van der Waals surface area contributed by atoms with E-state index >= 15 is 0 Å². The number of aromatic nitrogens is 4. The number of amides is 2. The van der Waals surface area contributed by atoms with Crippen molar-refractivity contribution in [2.24, 2.45) is 0 Å². The molecule has 0 fully saturated rings. The fourth-order valence-corrected chi connectivity index (χ4v) is 2.76. The molecule has 1 aromatic carbocycles. The predicted molar refractivity (Wildman–Crippen MR) is 103 cm³/mol. The molecule has 8 heteroatoms. The smallest absolute Gasteiger partial charge is 0.320 e. The van der Waals surface area contributed by atoms with Gasteiger partial charge in [0.1, 0.15) is 17.8 Å². The summed E-state index contributed by atoms with van der Waals surface area (Å²) in [5.41, 5.74) is 1.93. The van der Waals surface area contributed by atoms with E-state index in [1.807, 2.05) is 44.5 Å². The molecule has 7 nitrogen and oxygen atoms in total. The average Bonchev–Trinajstić information content (AvgIpc) is 2.97. The molecule has 2 heterocycles. The van der Waals surface area contributed by atoms with Crippen LogP contribution < -0.4 is 10.6 Å². The summed E-state index contributed by atoms with van der Waals surface area (Å²) < 4.78 is 1.84. The Kier molecular flexibility index (Phi) is 4.82. The van der Waals surface area contributed by atoms with Crippen molar-refractivity contribution in [1.29, 1.82) is 0 Å². The number of carbonyl (C=O) groups excluding carboxylic acids is 1. The molecule has 0 atom stereocenters. The van der Waals surface area contributed by atoms with Gasteiger partial charge in [0.2, 0.25) is 0 Å². The van der Waals surface area contributed by atoms with Crippen LogP contribution in [0.15, 0.2) is 30.6 Å². The van der Waals surface area contributed by atoms with Gasteiger partial charge in [-0.25, -0.2) is 19.4 Å². The first-order valence-corrected chi connectivity index (χ1v) is 8.74. The highest BCUT2D eigenvalue weighted by atomic mass is 35.5. The van der Waals surface area contributed by atoms with E-state index in [2.05, 4.69) is 20.6 Å². The lowest BCUT2D eigenvalue weighted by Gasteiger charge is -2.19. The Morgan fingerprint density at radius 2 is 1.88 bits per heavy atom. The third-order valence-corrected chi connectivity index (χ3v) is 4.04. The summed E-state index contributed by atoms with van der Waals surface area (Å²) in [7, 11) is 0. The maximum Gasteiger partial charge on any atom is 0.320 e. The number of rotatable bonds is 3. The van der Waals surface area contributed by atoms with Crippen LogP contribution >= 0.6 is 11.6 Å². The first-order valence-electron chi connectivity index (χ1n) is 8.36. The largest absolute Gasteiger partial charge is 0.338 e. The number of benzene rings is 1. The molecule has 26 heavy (non-hydrogen) atoms. The summed E-state index contributed by atoms with van der Waals surface area (Å²) in [4.78, 5) is 20.7. The van der Waals surface area contributed by atoms with Gasteiger partial charge in [-0.1, -0.05) is 23.7 Å². The fourth-order valence-electron chi connectivity index (χ4n) is 2.64. The molecule has 0 aliphatic heterocycles. The molecule has 0 saturated carbocycles. The zero-order valence-corrected chi connectivity index (χ0v) is 15.9. The SMILES string of the molecule is CCNC(=O)Nc1ncnc2c1c(-c1ccc(Cl)cc1)nn2C(C)(C)C. The van der Waals surface area contributed by atoms with E-state index in [1.165, 1.54) is 6.33 Å². The van der Waals surface area contributed by atoms with Gasteiger partial charge in [-0.15, -0.1) is 0 Å². The van der Waals surface area contributed by atoms with Crippen molar-refractivity contribution < 1.29 is 4.79 Å². The van der Waals surface area contributed by atoms with Crippen LogP contribution in [-0.2, 0) is 5.54 Å². The monoisotopic (exact) mass is 372 g/mol. The van der Waals surface area contributed by atoms with E-state index < -0.39 is 0 Å². The quantitative estimate of drug-likeness (QED) is 0.726. The van der Waals surface area contributed by atoms with Crippen molar-refractivity contribution in [3.8, 4) is 11.3 Å². The minimum Gasteiger partial charge on any atom is -0.338 e. The summed E-state index contributed by atoms with van der Waals surface area (Å²) >= 11 is 6.01. The van der Waals surface area contributed by atoms with E-state index in [9.17, 15) is 4.79 Å². The lowest BCUT2D eigenvalue weighted by Crippen LogP contribution is -2.28. The minimum absolute atomic E-state index is 0.291. The highest BCUT2D eigenvalue weighted by Gasteiger charge is 2.25. The number of carbonyl (C=O) groups is 1. The molecule has 0 aliphatic carbocycles. The third kappa shape index (κ3) is 3.48. The van der Waals surface area contributed by atoms with Crippen molar-refractivity contribution in [3.05, 3.63) is 35.6 Å². The summed E-state index contributed by atoms with van der Waals surface area (Å²) in [6, 6.07) is 7.07. The molecule has 3 aromatic rings. The van der Waals surface area contributed by atoms with Crippen LogP contribution in [0.2, 0.25) is 5.02 Å². The molecule has 0 bridgehead atoms. The van der Waals surface area contributed by atoms with E-state index in [0.29, 0.717) is 34.1 Å². The number of urea groups is 1. The predicted octanol–water partition coefficient (Wildman–Crippen LogP) is 4.04. The molecule has 0 radical (unpaired) electrons. The number of nitrogens with zero attached hydrogens (tertiary/aromatic N) is 4. The van der Waals surface area contributed by atoms with Crippen LogP contribution in [0.5, 0.6) is 0 Å². The summed E-state index contributed by atoms with van der Waals surface area (Å²) in [5.74, 6) is 0.418. The lowest BCUT2D eigenvalue weighted by molar-refractivity contribution is 0.252. The second-order valence-electron chi connectivity index (χ2n) is 6.84. The van der Waals surface area contributed by atoms with Crippen LogP contribution in [0.25, 0.3) is 22.3 Å². The molecule has 0 unspecified atom stereocenters. The van der Waals surface area contributed by atoms with Crippen LogP contribution in [0, 0.1) is 0 Å². The maximum atomic E-state index is 12.0. The highest BCUT2D eigenvalue weighted by Crippen LogP contribution is 2.34. The van der Waals surface area contributed by atoms with Crippen molar-refractivity contribution in [3.63, 3.8) is 0 Å². The third-order valence-electron chi connectivity index (χ3n) is 3.79. The molecule has 0 aliphatic rings. The molecule has 0 spiro atoms. The molecular weight excluding hydrogens is 352 g/mol. The standard InChI is InChI=1S/C18H21ClN6O/c1-5-20-17(26)23-15-13-14(11-6-8-12(19)9-7-11)24-25(18(2,3)4)16(13)22-10-21-15/h6-10H,5H2,1-4H3,(H2,20,21,22,23,26). The number of nitrogens with one attached hydrogen (secondary N) is 2. The zero-order chi connectivity index (χ0) is 18.9. The Hall–Kier alpha value is -2.67. The first kappa shape index (κ1) is 18.1. The van der Waals surface area contributed by atoms with Crippen LogP contribution in [-0.4, -0.2) is 32.3 Å². The highest BCUT2D eigenvalue weighted by molar-refractivity contribution is 6.30. The van der Waals surface area contributed by atoms with Gasteiger partial charge in [0, 0.05) is 17.1 Å². The van der Waals surface area contributed by atoms with Gasteiger partial charge in [0.25, 0.3) is 0 Å². The Bertz CT molecular complexity index is 943. The number of hydrogen-bond donors (Lipinski definition) is 2. The van der Waals surface area contributed by atoms with Crippen LogP contribution in [0.3, 0.4) is 0 Å². The Labute approximate surface area is 156 Å². The van der Waals surface area contributed by atoms with Gasteiger partial charge < -0.3 is 5.32 Å². The summed E-state index contributed by atoms with van der Waals surface area (Å²) in [6.07, 6.45) is 1.43. The van der Waals surface area contributed by atoms with E-state index in [4.69, 9.17) is 16.7 Å². The van der Waals surface area contributed by atoms with Crippen molar-refractivity contribution in [2.45, 2.75) is 33.2 Å². The molecule has 3 rings (SSSR count). The van der Waals surface area contributed by atoms with E-state index in [1.54, 1.807) is 12.1 Å². The molecule has 2 N–H and O–H groups in total. The van der Waals surface area contributed by atoms with Crippen molar-refractivity contribution >= 4 is 34.5 Å². The minimum atomic E-state index is -0.321. The number of hydrogen-bond acceptors (Lipinski definition) is 4. The van der Waals surface area contributed by atoms with Gasteiger partial charge in [0.05, 0.1) is 10.9 Å². The van der Waals surface area contributed by atoms with E-state index in [-0.39, 0.29) is 11.6 Å². The Balaban J connectivity index is 2.25. The van der Waals surface area contributed by atoms with Gasteiger partial charge in [0.15, 0.2) is 5.65 Å². The van der Waals surface area contributed by atoms with Gasteiger partial charge in [-0.3, -0.25) is 5.32 Å². The second-order valence-corrected chi connectivity index (χ2v) is 7.28. The van der Waals surface area contributed by atoms with Crippen molar-refractivity contribution in [2.75, 3.05) is 11.9 Å². The van der Waals surface area contributed by atoms with Gasteiger partial charge in [-0.05, 0) is 39.8 Å². The Morgan fingerprint density at radius 1 is 1.19 bits per heavy atom. The molecule has 2 amide bonds. The normalized spacial score (nSPS) is 11.6. The summed E-state index contributed by atoms with van der Waals surface area (Å²) in [5, 5.41) is 11.6. The molecule has 0 saturated heterocycles.